The maximum Gasteiger partial charge on any atom is 0.282 e. The Morgan fingerprint density at radius 2 is 1.86 bits per heavy atom. The smallest absolute Gasteiger partial charge is 0.282 e. The molecule has 0 heterocycles. The highest BCUT2D eigenvalue weighted by Crippen LogP contribution is 2.05. The second kappa shape index (κ2) is 5.05. The lowest BCUT2D eigenvalue weighted by molar-refractivity contribution is -0.117. The first-order valence-electron chi connectivity index (χ1n) is 3.33. The molecule has 0 spiro atoms. The molecule has 0 aromatic rings. The molecule has 14 heavy (non-hydrogen) atoms. The summed E-state index contributed by atoms with van der Waals surface area (Å²) in [5.41, 5.74) is 3.89. The van der Waals surface area contributed by atoms with Crippen LogP contribution in [-0.4, -0.2) is 11.8 Å². The zero-order valence-electron chi connectivity index (χ0n) is 7.11. The molecule has 0 aliphatic carbocycles. The van der Waals surface area contributed by atoms with E-state index in [1.165, 1.54) is 5.32 Å². The lowest BCUT2D eigenvalue weighted by atomic mass is 10.3. The summed E-state index contributed by atoms with van der Waals surface area (Å²) in [5.74, 6) is -6.64. The fourth-order valence-corrected chi connectivity index (χ4v) is 0.411. The predicted molar refractivity (Wildman–Crippen MR) is 41.4 cm³/mol. The average molecular weight is 208 g/mol. The highest BCUT2D eigenvalue weighted by molar-refractivity contribution is 5.95. The number of hydrogen-bond donors (Lipinski definition) is 2. The van der Waals surface area contributed by atoms with Crippen molar-refractivity contribution in [2.24, 2.45) is 5.73 Å². The number of rotatable bonds is 3. The molecule has 0 aliphatic heterocycles. The van der Waals surface area contributed by atoms with Gasteiger partial charge < -0.3 is 5.73 Å². The third-order valence-corrected chi connectivity index (χ3v) is 1.15. The molecular weight excluding hydrogens is 201 g/mol. The summed E-state index contributed by atoms with van der Waals surface area (Å²) in [5, 5.41) is 1.30. The molecule has 4 nitrogen and oxygen atoms in total. The Bertz CT molecular complexity index is 323. The summed E-state index contributed by atoms with van der Waals surface area (Å²) in [6.07, 6.45) is -0.0925. The van der Waals surface area contributed by atoms with Crippen LogP contribution in [0.5, 0.6) is 0 Å². The number of carbonyl (C=O) groups excluding carboxylic acids is 2. The Balaban J connectivity index is 4.63. The minimum atomic E-state index is -1.93. The molecule has 0 unspecified atom stereocenters. The van der Waals surface area contributed by atoms with Gasteiger partial charge in [0.1, 0.15) is 0 Å². The van der Waals surface area contributed by atoms with Crippen molar-refractivity contribution in [1.82, 2.24) is 5.32 Å². The Labute approximate surface area is 77.3 Å². The van der Waals surface area contributed by atoms with E-state index in [0.717, 1.165) is 6.92 Å². The van der Waals surface area contributed by atoms with Gasteiger partial charge in [-0.05, 0) is 6.92 Å². The third kappa shape index (κ3) is 3.30. The fraction of sp³-hybridized carbons (Fsp3) is 0.143. The van der Waals surface area contributed by atoms with Crippen molar-refractivity contribution in [2.45, 2.75) is 6.92 Å². The van der Waals surface area contributed by atoms with Crippen LogP contribution in [0.4, 0.5) is 13.2 Å². The average Bonchev–Trinajstić information content (AvgIpc) is 2.14. The molecule has 0 fully saturated rings. The molecule has 7 heteroatoms. The van der Waals surface area contributed by atoms with Gasteiger partial charge in [-0.15, -0.1) is 0 Å². The minimum absolute atomic E-state index is 0.0925. The maximum atomic E-state index is 12.5. The van der Waals surface area contributed by atoms with Crippen molar-refractivity contribution in [3.05, 3.63) is 23.7 Å². The molecule has 0 radical (unpaired) electrons. The first-order chi connectivity index (χ1) is 6.40. The van der Waals surface area contributed by atoms with Gasteiger partial charge in [0.2, 0.25) is 11.8 Å². The van der Waals surface area contributed by atoms with Crippen molar-refractivity contribution < 1.29 is 22.8 Å². The number of halogens is 3. The zero-order chi connectivity index (χ0) is 11.3. The number of amides is 2. The van der Waals surface area contributed by atoms with E-state index in [1.807, 2.05) is 0 Å². The first kappa shape index (κ1) is 12.2. The summed E-state index contributed by atoms with van der Waals surface area (Å²) in [6, 6.07) is 0. The highest BCUT2D eigenvalue weighted by Gasteiger charge is 2.15. The summed E-state index contributed by atoms with van der Waals surface area (Å²) in [7, 11) is 0. The van der Waals surface area contributed by atoms with Gasteiger partial charge in [0.25, 0.3) is 11.8 Å². The second-order valence-corrected chi connectivity index (χ2v) is 2.24. The van der Waals surface area contributed by atoms with Crippen LogP contribution in [-0.2, 0) is 9.59 Å². The SMILES string of the molecule is CC(=CF)C(=O)NC(F)=C(F)C(N)=O. The Kier molecular flexibility index (Phi) is 4.41. The van der Waals surface area contributed by atoms with Crippen molar-refractivity contribution in [2.75, 3.05) is 0 Å². The molecule has 0 aliphatic rings. The molecule has 0 bridgehead atoms. The Morgan fingerprint density at radius 1 is 1.36 bits per heavy atom. The summed E-state index contributed by atoms with van der Waals surface area (Å²) in [6.45, 7) is 1.03. The lowest BCUT2D eigenvalue weighted by Gasteiger charge is -2.01. The number of nitrogens with two attached hydrogens (primary N) is 1. The van der Waals surface area contributed by atoms with Crippen LogP contribution in [0.15, 0.2) is 23.7 Å². The minimum Gasteiger partial charge on any atom is -0.363 e. The van der Waals surface area contributed by atoms with E-state index < -0.39 is 29.2 Å². The molecule has 3 N–H and O–H groups in total. The molecule has 0 saturated heterocycles. The topological polar surface area (TPSA) is 72.2 Å². The van der Waals surface area contributed by atoms with Gasteiger partial charge in [-0.25, -0.2) is 4.39 Å². The Hall–Kier alpha value is -1.79. The molecule has 0 atom stereocenters. The van der Waals surface area contributed by atoms with Crippen LogP contribution < -0.4 is 11.1 Å². The second-order valence-electron chi connectivity index (χ2n) is 2.24. The number of nitrogens with one attached hydrogen (secondary N) is 1. The van der Waals surface area contributed by atoms with Gasteiger partial charge in [-0.3, -0.25) is 14.9 Å². The van der Waals surface area contributed by atoms with Crippen molar-refractivity contribution in [3.63, 3.8) is 0 Å². The number of hydrogen-bond acceptors (Lipinski definition) is 2. The van der Waals surface area contributed by atoms with Gasteiger partial charge in [0, 0.05) is 5.57 Å². The molecule has 0 aromatic heterocycles. The standard InChI is InChI=1S/C7H7F3N2O2/c1-3(2-8)7(14)12-5(10)4(9)6(11)13/h2H,1H3,(H2,11,13)(H,12,14). The van der Waals surface area contributed by atoms with Gasteiger partial charge >= 0.3 is 0 Å². The molecule has 0 aromatic carbocycles. The lowest BCUT2D eigenvalue weighted by Crippen LogP contribution is -2.25. The van der Waals surface area contributed by atoms with E-state index in [4.69, 9.17) is 0 Å². The largest absolute Gasteiger partial charge is 0.363 e. The molecule has 0 rings (SSSR count). The number of primary amides is 1. The zero-order valence-corrected chi connectivity index (χ0v) is 7.11. The summed E-state index contributed by atoms with van der Waals surface area (Å²) >= 11 is 0. The van der Waals surface area contributed by atoms with Crippen LogP contribution in [0.25, 0.3) is 0 Å². The Morgan fingerprint density at radius 3 is 2.21 bits per heavy atom. The van der Waals surface area contributed by atoms with Crippen LogP contribution in [0.3, 0.4) is 0 Å². The monoisotopic (exact) mass is 208 g/mol. The van der Waals surface area contributed by atoms with Crippen molar-refractivity contribution in [1.29, 1.82) is 0 Å². The summed E-state index contributed by atoms with van der Waals surface area (Å²) < 4.78 is 36.6. The van der Waals surface area contributed by atoms with Crippen molar-refractivity contribution >= 4 is 11.8 Å². The van der Waals surface area contributed by atoms with E-state index in [1.54, 1.807) is 0 Å². The quantitative estimate of drug-likeness (QED) is 0.525. The van der Waals surface area contributed by atoms with Crippen LogP contribution in [0.1, 0.15) is 6.92 Å². The van der Waals surface area contributed by atoms with Gasteiger partial charge in [-0.1, -0.05) is 0 Å². The first-order valence-corrected chi connectivity index (χ1v) is 3.33. The van der Waals surface area contributed by atoms with Crippen molar-refractivity contribution in [3.8, 4) is 0 Å². The molecule has 78 valence electrons. The highest BCUT2D eigenvalue weighted by atomic mass is 19.2. The molecular formula is C7H7F3N2O2. The number of carbonyl (C=O) groups is 2. The van der Waals surface area contributed by atoms with Crippen LogP contribution in [0.2, 0.25) is 0 Å². The van der Waals surface area contributed by atoms with Gasteiger partial charge in [0.05, 0.1) is 6.33 Å². The fourth-order valence-electron chi connectivity index (χ4n) is 0.411. The van der Waals surface area contributed by atoms with Crippen LogP contribution >= 0.6 is 0 Å². The predicted octanol–water partition coefficient (Wildman–Crippen LogP) is 0.569. The molecule has 0 saturated carbocycles. The maximum absolute atomic E-state index is 12.5. The van der Waals surface area contributed by atoms with Gasteiger partial charge in [0.15, 0.2) is 0 Å². The van der Waals surface area contributed by atoms with E-state index in [0.29, 0.717) is 0 Å². The third-order valence-electron chi connectivity index (χ3n) is 1.15. The van der Waals surface area contributed by atoms with E-state index >= 15 is 0 Å². The molecule has 2 amide bonds. The van der Waals surface area contributed by atoms with E-state index in [2.05, 4.69) is 5.73 Å². The summed E-state index contributed by atoms with van der Waals surface area (Å²) in [4.78, 5) is 20.8. The normalized spacial score (nSPS) is 13.3. The van der Waals surface area contributed by atoms with E-state index in [9.17, 15) is 22.8 Å². The van der Waals surface area contributed by atoms with Crippen LogP contribution in [0, 0.1) is 0 Å². The van der Waals surface area contributed by atoms with E-state index in [-0.39, 0.29) is 6.33 Å². The van der Waals surface area contributed by atoms with Gasteiger partial charge in [-0.2, -0.15) is 8.78 Å².